The highest BCUT2D eigenvalue weighted by atomic mass is 14.9. The van der Waals surface area contributed by atoms with Crippen molar-refractivity contribution >= 4 is 5.69 Å². The molecule has 1 aromatic rings. The molecule has 0 heterocycles. The molecule has 0 saturated heterocycles. The van der Waals surface area contributed by atoms with E-state index in [2.05, 4.69) is 44.3 Å². The van der Waals surface area contributed by atoms with Crippen LogP contribution in [0.5, 0.6) is 0 Å². The SMILES string of the molecule is CCC1CCCCC1Nc1ccc(C)c(C)c1. The lowest BCUT2D eigenvalue weighted by molar-refractivity contribution is 0.317. The van der Waals surface area contributed by atoms with Crippen LogP contribution in [0.15, 0.2) is 18.2 Å². The second kappa shape index (κ2) is 5.57. The Balaban J connectivity index is 2.05. The molecule has 0 aromatic heterocycles. The Hall–Kier alpha value is -0.980. The Morgan fingerprint density at radius 1 is 1.12 bits per heavy atom. The predicted molar refractivity (Wildman–Crippen MR) is 75.6 cm³/mol. The van der Waals surface area contributed by atoms with Gasteiger partial charge in [-0.05, 0) is 55.9 Å². The van der Waals surface area contributed by atoms with Crippen LogP contribution >= 0.6 is 0 Å². The third kappa shape index (κ3) is 3.02. The summed E-state index contributed by atoms with van der Waals surface area (Å²) in [5.74, 6) is 0.866. The lowest BCUT2D eigenvalue weighted by Crippen LogP contribution is -2.31. The third-order valence-corrected chi connectivity index (χ3v) is 4.29. The lowest BCUT2D eigenvalue weighted by Gasteiger charge is -2.32. The molecule has 2 atom stereocenters. The molecule has 1 nitrogen and oxygen atoms in total. The van der Waals surface area contributed by atoms with Crippen molar-refractivity contribution in [3.05, 3.63) is 29.3 Å². The van der Waals surface area contributed by atoms with E-state index < -0.39 is 0 Å². The normalized spacial score (nSPS) is 24.6. The van der Waals surface area contributed by atoms with Crippen molar-refractivity contribution < 1.29 is 0 Å². The van der Waals surface area contributed by atoms with Gasteiger partial charge in [0.1, 0.15) is 0 Å². The van der Waals surface area contributed by atoms with E-state index in [1.807, 2.05) is 0 Å². The fourth-order valence-corrected chi connectivity index (χ4v) is 2.93. The molecule has 1 heteroatoms. The van der Waals surface area contributed by atoms with Crippen molar-refractivity contribution in [2.75, 3.05) is 5.32 Å². The fourth-order valence-electron chi connectivity index (χ4n) is 2.93. The highest BCUT2D eigenvalue weighted by Gasteiger charge is 2.23. The quantitative estimate of drug-likeness (QED) is 0.796. The summed E-state index contributed by atoms with van der Waals surface area (Å²) in [6.07, 6.45) is 6.86. The third-order valence-electron chi connectivity index (χ3n) is 4.29. The Bertz CT molecular complexity index is 370. The smallest absolute Gasteiger partial charge is 0.0345 e. The fraction of sp³-hybridized carbons (Fsp3) is 0.625. The van der Waals surface area contributed by atoms with Gasteiger partial charge in [-0.3, -0.25) is 0 Å². The van der Waals surface area contributed by atoms with Crippen molar-refractivity contribution in [3.63, 3.8) is 0 Å². The first kappa shape index (κ1) is 12.5. The molecular formula is C16H25N. The van der Waals surface area contributed by atoms with Crippen molar-refractivity contribution in [2.45, 2.75) is 58.9 Å². The molecule has 0 amide bonds. The molecule has 2 rings (SSSR count). The van der Waals surface area contributed by atoms with E-state index >= 15 is 0 Å². The molecule has 94 valence electrons. The van der Waals surface area contributed by atoms with Crippen molar-refractivity contribution in [1.82, 2.24) is 0 Å². The van der Waals surface area contributed by atoms with Crippen LogP contribution < -0.4 is 5.32 Å². The summed E-state index contributed by atoms with van der Waals surface area (Å²) in [5.41, 5.74) is 4.07. The van der Waals surface area contributed by atoms with E-state index in [9.17, 15) is 0 Å². The van der Waals surface area contributed by atoms with E-state index in [0.29, 0.717) is 6.04 Å². The maximum Gasteiger partial charge on any atom is 0.0345 e. The zero-order chi connectivity index (χ0) is 12.3. The summed E-state index contributed by atoms with van der Waals surface area (Å²) in [6, 6.07) is 7.43. The second-order valence-electron chi connectivity index (χ2n) is 5.50. The molecular weight excluding hydrogens is 206 g/mol. The second-order valence-corrected chi connectivity index (χ2v) is 5.50. The van der Waals surface area contributed by atoms with Crippen LogP contribution in [0.25, 0.3) is 0 Å². The summed E-state index contributed by atoms with van der Waals surface area (Å²) < 4.78 is 0. The van der Waals surface area contributed by atoms with Gasteiger partial charge in [0.2, 0.25) is 0 Å². The van der Waals surface area contributed by atoms with Gasteiger partial charge in [0.05, 0.1) is 0 Å². The van der Waals surface area contributed by atoms with Gasteiger partial charge in [0.25, 0.3) is 0 Å². The molecule has 0 spiro atoms. The number of nitrogens with one attached hydrogen (secondary N) is 1. The zero-order valence-corrected chi connectivity index (χ0v) is 11.4. The highest BCUT2D eigenvalue weighted by Crippen LogP contribution is 2.29. The van der Waals surface area contributed by atoms with Crippen LogP contribution in [0, 0.1) is 19.8 Å². The van der Waals surface area contributed by atoms with Gasteiger partial charge in [-0.1, -0.05) is 32.3 Å². The number of hydrogen-bond acceptors (Lipinski definition) is 1. The van der Waals surface area contributed by atoms with Crippen molar-refractivity contribution in [1.29, 1.82) is 0 Å². The first-order valence-corrected chi connectivity index (χ1v) is 7.04. The number of rotatable bonds is 3. The molecule has 17 heavy (non-hydrogen) atoms. The van der Waals surface area contributed by atoms with E-state index in [1.165, 1.54) is 48.9 Å². The zero-order valence-electron chi connectivity index (χ0n) is 11.4. The van der Waals surface area contributed by atoms with Gasteiger partial charge in [0.15, 0.2) is 0 Å². The summed E-state index contributed by atoms with van der Waals surface area (Å²) in [7, 11) is 0. The minimum absolute atomic E-state index is 0.691. The maximum atomic E-state index is 3.75. The molecule has 1 N–H and O–H groups in total. The highest BCUT2D eigenvalue weighted by molar-refractivity contribution is 5.48. The maximum absolute atomic E-state index is 3.75. The summed E-state index contributed by atoms with van der Waals surface area (Å²) in [4.78, 5) is 0. The molecule has 2 unspecified atom stereocenters. The van der Waals surface area contributed by atoms with Crippen LogP contribution in [0.4, 0.5) is 5.69 Å². The van der Waals surface area contributed by atoms with Crippen molar-refractivity contribution in [2.24, 2.45) is 5.92 Å². The Morgan fingerprint density at radius 3 is 2.59 bits per heavy atom. The van der Waals surface area contributed by atoms with Crippen LogP contribution in [0.1, 0.15) is 50.2 Å². The Morgan fingerprint density at radius 2 is 1.88 bits per heavy atom. The molecule has 0 aliphatic heterocycles. The van der Waals surface area contributed by atoms with Crippen LogP contribution in [-0.2, 0) is 0 Å². The average molecular weight is 231 g/mol. The van der Waals surface area contributed by atoms with Gasteiger partial charge in [-0.25, -0.2) is 0 Å². The molecule has 1 aliphatic carbocycles. The standard InChI is InChI=1S/C16H25N/c1-4-14-7-5-6-8-16(14)17-15-10-9-12(2)13(3)11-15/h9-11,14,16-17H,4-8H2,1-3H3. The van der Waals surface area contributed by atoms with Gasteiger partial charge in [-0.2, -0.15) is 0 Å². The first-order valence-electron chi connectivity index (χ1n) is 7.04. The van der Waals surface area contributed by atoms with E-state index in [1.54, 1.807) is 0 Å². The molecule has 0 radical (unpaired) electrons. The van der Waals surface area contributed by atoms with Crippen molar-refractivity contribution in [3.8, 4) is 0 Å². The Kier molecular flexibility index (Phi) is 4.09. The van der Waals surface area contributed by atoms with E-state index in [4.69, 9.17) is 0 Å². The molecule has 0 bridgehead atoms. The van der Waals surface area contributed by atoms with Gasteiger partial charge >= 0.3 is 0 Å². The van der Waals surface area contributed by atoms with Crippen LogP contribution in [0.3, 0.4) is 0 Å². The largest absolute Gasteiger partial charge is 0.382 e. The number of aryl methyl sites for hydroxylation is 2. The number of benzene rings is 1. The van der Waals surface area contributed by atoms with E-state index in [0.717, 1.165) is 5.92 Å². The van der Waals surface area contributed by atoms with E-state index in [-0.39, 0.29) is 0 Å². The lowest BCUT2D eigenvalue weighted by atomic mass is 9.83. The molecule has 1 aliphatic rings. The van der Waals surface area contributed by atoms with Gasteiger partial charge in [0, 0.05) is 11.7 Å². The average Bonchev–Trinajstić information content (AvgIpc) is 2.34. The van der Waals surface area contributed by atoms with Crippen LogP contribution in [0.2, 0.25) is 0 Å². The first-order chi connectivity index (χ1) is 8.20. The molecule has 1 saturated carbocycles. The summed E-state index contributed by atoms with van der Waals surface area (Å²) in [5, 5.41) is 3.75. The van der Waals surface area contributed by atoms with Gasteiger partial charge < -0.3 is 5.32 Å². The number of hydrogen-bond donors (Lipinski definition) is 1. The predicted octanol–water partition coefficient (Wildman–Crippen LogP) is 4.68. The topological polar surface area (TPSA) is 12.0 Å². The number of anilines is 1. The van der Waals surface area contributed by atoms with Crippen LogP contribution in [-0.4, -0.2) is 6.04 Å². The minimum Gasteiger partial charge on any atom is -0.382 e. The molecule has 1 fully saturated rings. The summed E-state index contributed by atoms with van der Waals surface area (Å²) in [6.45, 7) is 6.69. The molecule has 1 aromatic carbocycles. The minimum atomic E-state index is 0.691. The monoisotopic (exact) mass is 231 g/mol. The van der Waals surface area contributed by atoms with Gasteiger partial charge in [-0.15, -0.1) is 0 Å². The Labute approximate surface area is 106 Å². The summed E-state index contributed by atoms with van der Waals surface area (Å²) >= 11 is 0.